The van der Waals surface area contributed by atoms with Crippen molar-refractivity contribution < 1.29 is 17.9 Å². The molecule has 0 saturated carbocycles. The van der Waals surface area contributed by atoms with E-state index < -0.39 is 17.5 Å². The number of benzene rings is 1. The summed E-state index contributed by atoms with van der Waals surface area (Å²) in [7, 11) is 0. The van der Waals surface area contributed by atoms with Gasteiger partial charge in [0.25, 0.3) is 0 Å². The summed E-state index contributed by atoms with van der Waals surface area (Å²) in [5.74, 6) is -0.401. The molecule has 20 heavy (non-hydrogen) atoms. The smallest absolute Gasteiger partial charge is 0.406 e. The van der Waals surface area contributed by atoms with E-state index in [1.807, 2.05) is 20.8 Å². The highest BCUT2D eigenvalue weighted by Gasteiger charge is 2.31. The van der Waals surface area contributed by atoms with E-state index in [0.29, 0.717) is 11.1 Å². The molecule has 0 aliphatic rings. The van der Waals surface area contributed by atoms with Crippen molar-refractivity contribution in [3.63, 3.8) is 0 Å². The van der Waals surface area contributed by atoms with Gasteiger partial charge in [0, 0.05) is 22.7 Å². The van der Waals surface area contributed by atoms with Gasteiger partial charge in [-0.3, -0.25) is 4.79 Å². The van der Waals surface area contributed by atoms with Crippen molar-refractivity contribution in [1.82, 2.24) is 4.98 Å². The van der Waals surface area contributed by atoms with E-state index in [4.69, 9.17) is 0 Å². The van der Waals surface area contributed by atoms with Crippen LogP contribution in [0.25, 0.3) is 10.9 Å². The first kappa shape index (κ1) is 14.4. The highest BCUT2D eigenvalue weighted by atomic mass is 19.4. The lowest BCUT2D eigenvalue weighted by molar-refractivity contribution is -0.274. The van der Waals surface area contributed by atoms with Gasteiger partial charge in [0.05, 0.1) is 0 Å². The topological polar surface area (TPSA) is 42.1 Å². The third-order valence-corrected chi connectivity index (χ3v) is 2.89. The number of rotatable bonds is 1. The molecular formula is C14H14F3NO2. The first-order valence-corrected chi connectivity index (χ1v) is 5.99. The van der Waals surface area contributed by atoms with Crippen LogP contribution in [0.1, 0.15) is 26.3 Å². The van der Waals surface area contributed by atoms with Gasteiger partial charge in [-0.1, -0.05) is 20.8 Å². The van der Waals surface area contributed by atoms with Crippen LogP contribution < -0.4 is 10.2 Å². The van der Waals surface area contributed by atoms with Gasteiger partial charge in [-0.2, -0.15) is 0 Å². The van der Waals surface area contributed by atoms with E-state index in [0.717, 1.165) is 6.07 Å². The van der Waals surface area contributed by atoms with Gasteiger partial charge in [0.1, 0.15) is 5.75 Å². The number of fused-ring (bicyclic) bond motifs is 1. The van der Waals surface area contributed by atoms with Crippen molar-refractivity contribution in [2.24, 2.45) is 0 Å². The van der Waals surface area contributed by atoms with Crippen LogP contribution in [0.4, 0.5) is 13.2 Å². The minimum absolute atomic E-state index is 0.180. The van der Waals surface area contributed by atoms with E-state index in [1.54, 1.807) is 6.20 Å². The maximum absolute atomic E-state index is 12.3. The summed E-state index contributed by atoms with van der Waals surface area (Å²) in [5, 5.41) is 0.180. The number of hydrogen-bond donors (Lipinski definition) is 1. The van der Waals surface area contributed by atoms with Gasteiger partial charge in [0.2, 0.25) is 0 Å². The molecule has 0 atom stereocenters. The second-order valence-electron chi connectivity index (χ2n) is 5.54. The van der Waals surface area contributed by atoms with Gasteiger partial charge >= 0.3 is 6.36 Å². The number of alkyl halides is 3. The summed E-state index contributed by atoms with van der Waals surface area (Å²) >= 11 is 0. The molecule has 0 fully saturated rings. The summed E-state index contributed by atoms with van der Waals surface area (Å²) in [5.41, 5.74) is 0.286. The number of ether oxygens (including phenoxy) is 1. The zero-order valence-corrected chi connectivity index (χ0v) is 11.3. The molecule has 108 valence electrons. The van der Waals surface area contributed by atoms with Crippen LogP contribution in [-0.4, -0.2) is 11.3 Å². The summed E-state index contributed by atoms with van der Waals surface area (Å²) in [6.45, 7) is 5.58. The lowest BCUT2D eigenvalue weighted by Crippen LogP contribution is -2.23. The van der Waals surface area contributed by atoms with E-state index >= 15 is 0 Å². The van der Waals surface area contributed by atoms with Crippen LogP contribution in [0, 0.1) is 0 Å². The monoisotopic (exact) mass is 285 g/mol. The summed E-state index contributed by atoms with van der Waals surface area (Å²) in [4.78, 5) is 15.3. The maximum atomic E-state index is 12.3. The normalized spacial score (nSPS) is 12.7. The number of pyridine rings is 1. The quantitative estimate of drug-likeness (QED) is 0.867. The Morgan fingerprint density at radius 1 is 1.15 bits per heavy atom. The fourth-order valence-electron chi connectivity index (χ4n) is 1.95. The predicted molar refractivity (Wildman–Crippen MR) is 70.0 cm³/mol. The third kappa shape index (κ3) is 2.95. The van der Waals surface area contributed by atoms with E-state index in [1.165, 1.54) is 12.1 Å². The maximum Gasteiger partial charge on any atom is 0.573 e. The first-order chi connectivity index (χ1) is 9.08. The SMILES string of the molecule is CC(C)(C)c1c[nH]c2ccc(OC(F)(F)F)cc2c1=O. The van der Waals surface area contributed by atoms with Crippen molar-refractivity contribution in [3.8, 4) is 5.75 Å². The molecule has 0 saturated heterocycles. The van der Waals surface area contributed by atoms with Crippen LogP contribution in [0.15, 0.2) is 29.2 Å². The third-order valence-electron chi connectivity index (χ3n) is 2.89. The number of nitrogens with one attached hydrogen (secondary N) is 1. The van der Waals surface area contributed by atoms with Gasteiger partial charge in [-0.25, -0.2) is 0 Å². The average molecular weight is 285 g/mol. The lowest BCUT2D eigenvalue weighted by atomic mass is 9.87. The number of aromatic amines is 1. The van der Waals surface area contributed by atoms with Crippen LogP contribution in [0.2, 0.25) is 0 Å². The molecule has 3 nitrogen and oxygen atoms in total. The fraction of sp³-hybridized carbons (Fsp3) is 0.357. The van der Waals surface area contributed by atoms with Gasteiger partial charge in [-0.05, 0) is 23.6 Å². The van der Waals surface area contributed by atoms with Crippen molar-refractivity contribution in [2.75, 3.05) is 0 Å². The molecule has 1 heterocycles. The standard InChI is InChI=1S/C14H14F3NO2/c1-13(2,3)10-7-18-11-5-4-8(20-14(15,16)17)6-9(11)12(10)19/h4-7H,1-3H3,(H,18,19). The van der Waals surface area contributed by atoms with Crippen LogP contribution in [0.5, 0.6) is 5.75 Å². The number of hydrogen-bond acceptors (Lipinski definition) is 2. The summed E-state index contributed by atoms with van der Waals surface area (Å²) in [6.07, 6.45) is -3.18. The average Bonchev–Trinajstić information content (AvgIpc) is 2.26. The van der Waals surface area contributed by atoms with Crippen molar-refractivity contribution in [3.05, 3.63) is 40.2 Å². The van der Waals surface area contributed by atoms with Crippen LogP contribution in [-0.2, 0) is 5.41 Å². The summed E-state index contributed by atoms with van der Waals surface area (Å²) < 4.78 is 40.4. The fourth-order valence-corrected chi connectivity index (χ4v) is 1.95. The van der Waals surface area contributed by atoms with Gasteiger partial charge in [0.15, 0.2) is 5.43 Å². The minimum Gasteiger partial charge on any atom is -0.406 e. The van der Waals surface area contributed by atoms with Crippen molar-refractivity contribution >= 4 is 10.9 Å². The molecule has 0 amide bonds. The molecule has 0 spiro atoms. The summed E-state index contributed by atoms with van der Waals surface area (Å²) in [6, 6.07) is 3.67. The molecule has 1 aromatic carbocycles. The number of aromatic nitrogens is 1. The predicted octanol–water partition coefficient (Wildman–Crippen LogP) is 3.72. The Hall–Kier alpha value is -1.98. The molecule has 1 N–H and O–H groups in total. The molecule has 0 aliphatic heterocycles. The van der Waals surface area contributed by atoms with Gasteiger partial charge in [-0.15, -0.1) is 13.2 Å². The molecule has 0 unspecified atom stereocenters. The Morgan fingerprint density at radius 3 is 2.35 bits per heavy atom. The number of halogens is 3. The molecule has 0 aliphatic carbocycles. The molecule has 6 heteroatoms. The minimum atomic E-state index is -4.78. The number of H-pyrrole nitrogens is 1. The second-order valence-corrected chi connectivity index (χ2v) is 5.54. The molecular weight excluding hydrogens is 271 g/mol. The van der Waals surface area contributed by atoms with Crippen molar-refractivity contribution in [2.45, 2.75) is 32.5 Å². The molecule has 0 bridgehead atoms. The van der Waals surface area contributed by atoms with Crippen LogP contribution >= 0.6 is 0 Å². The zero-order chi connectivity index (χ0) is 15.1. The molecule has 1 aromatic heterocycles. The first-order valence-electron chi connectivity index (χ1n) is 5.99. The van der Waals surface area contributed by atoms with Gasteiger partial charge < -0.3 is 9.72 Å². The lowest BCUT2D eigenvalue weighted by Gasteiger charge is -2.18. The van der Waals surface area contributed by atoms with E-state index in [9.17, 15) is 18.0 Å². The Morgan fingerprint density at radius 2 is 1.80 bits per heavy atom. The Kier molecular flexibility index (Phi) is 3.28. The molecule has 0 radical (unpaired) electrons. The van der Waals surface area contributed by atoms with Crippen molar-refractivity contribution in [1.29, 1.82) is 0 Å². The second kappa shape index (κ2) is 4.54. The Balaban J connectivity index is 2.61. The molecule has 2 rings (SSSR count). The Bertz CT molecular complexity index is 696. The highest BCUT2D eigenvalue weighted by molar-refractivity contribution is 5.80. The van der Waals surface area contributed by atoms with E-state index in [2.05, 4.69) is 9.72 Å². The zero-order valence-electron chi connectivity index (χ0n) is 11.3. The largest absolute Gasteiger partial charge is 0.573 e. The highest BCUT2D eigenvalue weighted by Crippen LogP contribution is 2.26. The van der Waals surface area contributed by atoms with Crippen LogP contribution in [0.3, 0.4) is 0 Å². The molecule has 2 aromatic rings. The Labute approximate surface area is 113 Å². The van der Waals surface area contributed by atoms with E-state index in [-0.39, 0.29) is 10.8 Å².